The van der Waals surface area contributed by atoms with Crippen LogP contribution in [-0.2, 0) is 6.42 Å². The Hall–Kier alpha value is -1.85. The van der Waals surface area contributed by atoms with Crippen LogP contribution in [0.15, 0.2) is 30.3 Å². The van der Waals surface area contributed by atoms with Crippen molar-refractivity contribution in [1.29, 1.82) is 0 Å². The van der Waals surface area contributed by atoms with Crippen LogP contribution < -0.4 is 0 Å². The van der Waals surface area contributed by atoms with Crippen molar-refractivity contribution in [3.63, 3.8) is 0 Å². The number of carbonyl (C=O) groups excluding carboxylic acids is 1. The van der Waals surface area contributed by atoms with Crippen molar-refractivity contribution in [3.8, 4) is 0 Å². The van der Waals surface area contributed by atoms with E-state index in [1.807, 2.05) is 30.3 Å². The predicted octanol–water partition coefficient (Wildman–Crippen LogP) is 3.15. The minimum absolute atomic E-state index is 0.0964. The number of aromatic amines is 1. The highest BCUT2D eigenvalue weighted by Crippen LogP contribution is 2.39. The quantitative estimate of drug-likeness (QED) is 0.881. The Morgan fingerprint density at radius 2 is 2.04 bits per heavy atom. The van der Waals surface area contributed by atoms with E-state index < -0.39 is 6.10 Å². The molecule has 6 heteroatoms. The predicted molar refractivity (Wildman–Crippen MR) is 95.8 cm³/mol. The van der Waals surface area contributed by atoms with E-state index in [-0.39, 0.29) is 11.9 Å². The zero-order valence-corrected chi connectivity index (χ0v) is 14.7. The van der Waals surface area contributed by atoms with Gasteiger partial charge in [0.25, 0.3) is 5.91 Å². The summed E-state index contributed by atoms with van der Waals surface area (Å²) >= 11 is 5.95. The molecule has 0 spiro atoms. The van der Waals surface area contributed by atoms with Gasteiger partial charge in [-0.1, -0.05) is 23.7 Å². The van der Waals surface area contributed by atoms with Crippen LogP contribution >= 0.6 is 11.6 Å². The number of nitrogens with zero attached hydrogens (tertiary/aromatic N) is 2. The number of hydrogen-bond acceptors (Lipinski definition) is 3. The molecule has 25 heavy (non-hydrogen) atoms. The lowest BCUT2D eigenvalue weighted by atomic mass is 9.92. The summed E-state index contributed by atoms with van der Waals surface area (Å²) in [6.07, 6.45) is 3.95. The summed E-state index contributed by atoms with van der Waals surface area (Å²) in [6, 6.07) is 9.23. The number of rotatable bonds is 4. The lowest BCUT2D eigenvalue weighted by Crippen LogP contribution is -2.52. The first kappa shape index (κ1) is 16.6. The van der Waals surface area contributed by atoms with Crippen LogP contribution in [0.5, 0.6) is 0 Å². The first-order chi connectivity index (χ1) is 12.1. The molecule has 1 saturated heterocycles. The molecule has 2 heterocycles. The number of piperidine rings is 1. The summed E-state index contributed by atoms with van der Waals surface area (Å²) in [4.78, 5) is 14.8. The molecular weight excluding hydrogens is 338 g/mol. The van der Waals surface area contributed by atoms with E-state index in [0.29, 0.717) is 29.6 Å². The molecule has 4 rings (SSSR count). The first-order valence-electron chi connectivity index (χ1n) is 8.90. The third-order valence-corrected chi connectivity index (χ3v) is 5.45. The molecule has 0 unspecified atom stereocenters. The van der Waals surface area contributed by atoms with Gasteiger partial charge >= 0.3 is 0 Å². The molecule has 132 valence electrons. The number of benzene rings is 1. The van der Waals surface area contributed by atoms with E-state index >= 15 is 0 Å². The van der Waals surface area contributed by atoms with Gasteiger partial charge < -0.3 is 10.0 Å². The van der Waals surface area contributed by atoms with Crippen molar-refractivity contribution in [2.75, 3.05) is 6.54 Å². The average molecular weight is 360 g/mol. The molecule has 0 radical (unpaired) electrons. The van der Waals surface area contributed by atoms with Gasteiger partial charge in [-0.2, -0.15) is 5.10 Å². The number of likely N-dealkylation sites (tertiary alicyclic amines) is 1. The molecule has 2 aromatic rings. The van der Waals surface area contributed by atoms with E-state index in [1.54, 1.807) is 4.90 Å². The normalized spacial score (nSPS) is 23.7. The van der Waals surface area contributed by atoms with Crippen LogP contribution in [0.25, 0.3) is 0 Å². The largest absolute Gasteiger partial charge is 0.391 e. The first-order valence-corrected chi connectivity index (χ1v) is 9.28. The van der Waals surface area contributed by atoms with Gasteiger partial charge in [-0.15, -0.1) is 0 Å². The molecule has 2 aliphatic rings. The van der Waals surface area contributed by atoms with Crippen molar-refractivity contribution in [2.24, 2.45) is 0 Å². The Morgan fingerprint density at radius 1 is 1.28 bits per heavy atom. The lowest BCUT2D eigenvalue weighted by Gasteiger charge is -2.39. The summed E-state index contributed by atoms with van der Waals surface area (Å²) < 4.78 is 0. The van der Waals surface area contributed by atoms with Gasteiger partial charge in [0.1, 0.15) is 5.69 Å². The molecule has 2 fully saturated rings. The van der Waals surface area contributed by atoms with E-state index in [2.05, 4.69) is 10.2 Å². The van der Waals surface area contributed by atoms with Crippen molar-refractivity contribution >= 4 is 17.5 Å². The maximum absolute atomic E-state index is 13.0. The third kappa shape index (κ3) is 3.58. The van der Waals surface area contributed by atoms with Crippen LogP contribution in [0.4, 0.5) is 0 Å². The van der Waals surface area contributed by atoms with Gasteiger partial charge in [-0.25, -0.2) is 0 Å². The molecular formula is C19H22ClN3O2. The Balaban J connectivity index is 1.53. The Labute approximate surface area is 152 Å². The molecule has 1 saturated carbocycles. The van der Waals surface area contributed by atoms with E-state index in [9.17, 15) is 9.90 Å². The summed E-state index contributed by atoms with van der Waals surface area (Å²) in [5.74, 6) is 0.437. The third-order valence-electron chi connectivity index (χ3n) is 5.20. The molecule has 1 aromatic heterocycles. The monoisotopic (exact) mass is 359 g/mol. The zero-order chi connectivity index (χ0) is 17.4. The second-order valence-corrected chi connectivity index (χ2v) is 7.53. The maximum Gasteiger partial charge on any atom is 0.274 e. The molecule has 2 N–H and O–H groups in total. The van der Waals surface area contributed by atoms with Crippen LogP contribution in [0, 0.1) is 0 Å². The van der Waals surface area contributed by atoms with Crippen molar-refractivity contribution in [1.82, 2.24) is 15.1 Å². The number of amides is 1. The van der Waals surface area contributed by atoms with E-state index in [0.717, 1.165) is 36.9 Å². The van der Waals surface area contributed by atoms with E-state index in [4.69, 9.17) is 11.6 Å². The van der Waals surface area contributed by atoms with Crippen LogP contribution in [0.2, 0.25) is 5.02 Å². The Bertz CT molecular complexity index is 754. The average Bonchev–Trinajstić information content (AvgIpc) is 3.35. The number of carbonyl (C=O) groups is 1. The fraction of sp³-hybridized carbons (Fsp3) is 0.474. The van der Waals surface area contributed by atoms with Crippen molar-refractivity contribution in [3.05, 3.63) is 52.3 Å². The zero-order valence-electron chi connectivity index (χ0n) is 14.0. The highest BCUT2D eigenvalue weighted by Gasteiger charge is 2.35. The van der Waals surface area contributed by atoms with Gasteiger partial charge in [0.05, 0.1) is 12.1 Å². The van der Waals surface area contributed by atoms with Gasteiger partial charge in [0.2, 0.25) is 0 Å². The molecule has 0 bridgehead atoms. The second-order valence-electron chi connectivity index (χ2n) is 7.09. The maximum atomic E-state index is 13.0. The Morgan fingerprint density at radius 3 is 2.76 bits per heavy atom. The molecule has 5 nitrogen and oxygen atoms in total. The molecule has 1 aliphatic carbocycles. The van der Waals surface area contributed by atoms with Gasteiger partial charge in [0.15, 0.2) is 0 Å². The van der Waals surface area contributed by atoms with Crippen LogP contribution in [0.1, 0.15) is 53.3 Å². The van der Waals surface area contributed by atoms with Crippen molar-refractivity contribution in [2.45, 2.75) is 50.2 Å². The molecule has 2 atom stereocenters. The summed E-state index contributed by atoms with van der Waals surface area (Å²) in [5.41, 5.74) is 2.57. The minimum atomic E-state index is -0.518. The number of halogens is 1. The summed E-state index contributed by atoms with van der Waals surface area (Å²) in [5, 5.41) is 18.4. The summed E-state index contributed by atoms with van der Waals surface area (Å²) in [6.45, 7) is 0.653. The number of hydrogen-bond donors (Lipinski definition) is 2. The number of H-pyrrole nitrogens is 1. The smallest absolute Gasteiger partial charge is 0.274 e. The standard InChI is InChI=1S/C19H22ClN3O2/c20-14-7-3-12(4-8-14)10-17-18(24)2-1-9-23(17)19(25)16-11-15(21-22-16)13-5-6-13/h3-4,7-8,11,13,17-18,24H,1-2,5-6,9-10H2,(H,21,22)/t17-,18-/m0/s1. The SMILES string of the molecule is O=C(c1cc(C2CC2)[nH]n1)N1CCC[C@H](O)[C@@H]1Cc1ccc(Cl)cc1. The minimum Gasteiger partial charge on any atom is -0.391 e. The number of aliphatic hydroxyl groups is 1. The lowest BCUT2D eigenvalue weighted by molar-refractivity contribution is 0.0115. The van der Waals surface area contributed by atoms with Crippen LogP contribution in [-0.4, -0.2) is 44.8 Å². The van der Waals surface area contributed by atoms with Gasteiger partial charge in [0, 0.05) is 23.2 Å². The molecule has 1 aliphatic heterocycles. The number of aliphatic hydroxyl groups excluding tert-OH is 1. The van der Waals surface area contributed by atoms with Gasteiger partial charge in [-0.05, 0) is 55.9 Å². The van der Waals surface area contributed by atoms with Gasteiger partial charge in [-0.3, -0.25) is 9.89 Å². The fourth-order valence-corrected chi connectivity index (χ4v) is 3.72. The van der Waals surface area contributed by atoms with Crippen molar-refractivity contribution < 1.29 is 9.90 Å². The number of nitrogens with one attached hydrogen (secondary N) is 1. The number of aromatic nitrogens is 2. The highest BCUT2D eigenvalue weighted by molar-refractivity contribution is 6.30. The topological polar surface area (TPSA) is 69.2 Å². The van der Waals surface area contributed by atoms with E-state index in [1.165, 1.54) is 0 Å². The second kappa shape index (κ2) is 6.81. The molecule has 1 amide bonds. The fourth-order valence-electron chi connectivity index (χ4n) is 3.59. The Kier molecular flexibility index (Phi) is 4.52. The molecule has 1 aromatic carbocycles. The summed E-state index contributed by atoms with van der Waals surface area (Å²) in [7, 11) is 0. The highest BCUT2D eigenvalue weighted by atomic mass is 35.5. The van der Waals surface area contributed by atoms with Crippen LogP contribution in [0.3, 0.4) is 0 Å².